The molecule has 0 bridgehead atoms. The molecule has 12 heavy (non-hydrogen) atoms. The first-order valence-corrected chi connectivity index (χ1v) is 4.43. The van der Waals surface area contributed by atoms with Crippen molar-refractivity contribution in [3.8, 4) is 0 Å². The molecule has 0 heterocycles. The van der Waals surface area contributed by atoms with Crippen molar-refractivity contribution in [2.45, 2.75) is 12.8 Å². The molecule has 0 unspecified atom stereocenters. The van der Waals surface area contributed by atoms with Gasteiger partial charge in [-0.25, -0.2) is 0 Å². The van der Waals surface area contributed by atoms with Crippen LogP contribution in [0.15, 0.2) is 24.3 Å². The molecular formula is C10H10ClO. The molecule has 1 aromatic carbocycles. The number of benzene rings is 1. The largest absolute Gasteiger partial charge is 0.294 e. The number of carbonyl (C=O) groups excluding carboxylic acids is 1. The first kappa shape index (κ1) is 9.27. The molecule has 1 rings (SSSR count). The molecule has 0 N–H and O–H groups in total. The predicted molar refractivity (Wildman–Crippen MR) is 49.6 cm³/mol. The van der Waals surface area contributed by atoms with Gasteiger partial charge in [-0.15, -0.1) is 11.6 Å². The van der Waals surface area contributed by atoms with Crippen molar-refractivity contribution >= 4 is 17.4 Å². The highest BCUT2D eigenvalue weighted by molar-refractivity contribution is 6.18. The van der Waals surface area contributed by atoms with E-state index in [1.807, 2.05) is 6.07 Å². The van der Waals surface area contributed by atoms with Crippen molar-refractivity contribution in [1.82, 2.24) is 0 Å². The summed E-state index contributed by atoms with van der Waals surface area (Å²) in [6.07, 6.45) is 1.27. The summed E-state index contributed by atoms with van der Waals surface area (Å²) in [5, 5.41) is 0. The number of carbonyl (C=O) groups is 1. The monoisotopic (exact) mass is 181 g/mol. The van der Waals surface area contributed by atoms with Crippen LogP contribution in [0.4, 0.5) is 0 Å². The van der Waals surface area contributed by atoms with Crippen molar-refractivity contribution in [2.75, 3.05) is 5.88 Å². The van der Waals surface area contributed by atoms with Gasteiger partial charge in [-0.2, -0.15) is 0 Å². The molecule has 0 aliphatic carbocycles. The van der Waals surface area contributed by atoms with Crippen LogP contribution in [0.1, 0.15) is 23.2 Å². The number of halogens is 1. The molecule has 0 aromatic heterocycles. The zero-order chi connectivity index (χ0) is 8.81. The summed E-state index contributed by atoms with van der Waals surface area (Å²) >= 11 is 5.47. The van der Waals surface area contributed by atoms with Gasteiger partial charge in [-0.05, 0) is 18.6 Å². The van der Waals surface area contributed by atoms with Crippen LogP contribution < -0.4 is 0 Å². The first-order chi connectivity index (χ1) is 5.84. The first-order valence-electron chi connectivity index (χ1n) is 3.90. The Hall–Kier alpha value is -0.820. The highest BCUT2D eigenvalue weighted by Crippen LogP contribution is 2.04. The maximum atomic E-state index is 11.3. The van der Waals surface area contributed by atoms with Gasteiger partial charge in [0.15, 0.2) is 5.78 Å². The second-order valence-corrected chi connectivity index (χ2v) is 2.89. The Bertz CT molecular complexity index is 243. The van der Waals surface area contributed by atoms with E-state index in [4.69, 9.17) is 11.6 Å². The minimum absolute atomic E-state index is 0.146. The summed E-state index contributed by atoms with van der Waals surface area (Å²) in [6.45, 7) is 0. The Morgan fingerprint density at radius 3 is 3.00 bits per heavy atom. The summed E-state index contributed by atoms with van der Waals surface area (Å²) in [5.41, 5.74) is 0.725. The fraction of sp³-hybridized carbons (Fsp3) is 0.300. The predicted octanol–water partition coefficient (Wildman–Crippen LogP) is 2.69. The van der Waals surface area contributed by atoms with Crippen LogP contribution >= 0.6 is 11.6 Å². The van der Waals surface area contributed by atoms with Crippen molar-refractivity contribution in [3.05, 3.63) is 35.9 Å². The maximum absolute atomic E-state index is 11.3. The molecule has 0 spiro atoms. The summed E-state index contributed by atoms with van der Waals surface area (Å²) in [7, 11) is 0. The van der Waals surface area contributed by atoms with Crippen LogP contribution in [-0.4, -0.2) is 11.7 Å². The van der Waals surface area contributed by atoms with E-state index in [-0.39, 0.29) is 5.78 Å². The molecule has 0 atom stereocenters. The normalized spacial score (nSPS) is 9.75. The average Bonchev–Trinajstić information content (AvgIpc) is 2.15. The Balaban J connectivity index is 2.54. The Kier molecular flexibility index (Phi) is 3.81. The summed E-state index contributed by atoms with van der Waals surface area (Å²) in [5.74, 6) is 0.690. The molecule has 0 aliphatic rings. The lowest BCUT2D eigenvalue weighted by Crippen LogP contribution is -1.98. The molecule has 2 heteroatoms. The van der Waals surface area contributed by atoms with Crippen molar-refractivity contribution in [3.63, 3.8) is 0 Å². The Morgan fingerprint density at radius 2 is 2.42 bits per heavy atom. The molecule has 0 saturated heterocycles. The lowest BCUT2D eigenvalue weighted by Gasteiger charge is -1.97. The van der Waals surface area contributed by atoms with E-state index in [1.165, 1.54) is 0 Å². The number of alkyl halides is 1. The van der Waals surface area contributed by atoms with Crippen LogP contribution in [0.3, 0.4) is 0 Å². The molecule has 63 valence electrons. The zero-order valence-corrected chi connectivity index (χ0v) is 7.47. The van der Waals surface area contributed by atoms with E-state index in [2.05, 4.69) is 6.07 Å². The topological polar surface area (TPSA) is 17.1 Å². The molecule has 0 fully saturated rings. The highest BCUT2D eigenvalue weighted by Gasteiger charge is 2.02. The van der Waals surface area contributed by atoms with Crippen LogP contribution in [0, 0.1) is 6.07 Å². The third kappa shape index (κ3) is 2.67. The van der Waals surface area contributed by atoms with Gasteiger partial charge in [-0.3, -0.25) is 4.79 Å². The summed E-state index contributed by atoms with van der Waals surface area (Å²) in [6, 6.07) is 9.96. The zero-order valence-electron chi connectivity index (χ0n) is 6.72. The quantitative estimate of drug-likeness (QED) is 0.516. The van der Waals surface area contributed by atoms with Gasteiger partial charge < -0.3 is 0 Å². The second-order valence-electron chi connectivity index (χ2n) is 2.51. The third-order valence-electron chi connectivity index (χ3n) is 1.57. The third-order valence-corrected chi connectivity index (χ3v) is 1.83. The van der Waals surface area contributed by atoms with Crippen molar-refractivity contribution < 1.29 is 4.79 Å². The second kappa shape index (κ2) is 4.94. The summed E-state index contributed by atoms with van der Waals surface area (Å²) < 4.78 is 0. The minimum Gasteiger partial charge on any atom is -0.294 e. The van der Waals surface area contributed by atoms with E-state index in [0.29, 0.717) is 12.3 Å². The van der Waals surface area contributed by atoms with E-state index in [9.17, 15) is 4.79 Å². The fourth-order valence-corrected chi connectivity index (χ4v) is 1.07. The van der Waals surface area contributed by atoms with Crippen LogP contribution in [0.25, 0.3) is 0 Å². The van der Waals surface area contributed by atoms with Crippen LogP contribution in [-0.2, 0) is 0 Å². The van der Waals surface area contributed by atoms with Crippen molar-refractivity contribution in [1.29, 1.82) is 0 Å². The number of Topliss-reactive ketones (excluding diaryl/α,β-unsaturated/α-hetero) is 1. The summed E-state index contributed by atoms with van der Waals surface area (Å²) in [4.78, 5) is 11.3. The van der Waals surface area contributed by atoms with E-state index < -0.39 is 0 Å². The highest BCUT2D eigenvalue weighted by atomic mass is 35.5. The van der Waals surface area contributed by atoms with Gasteiger partial charge in [-0.1, -0.05) is 18.2 Å². The number of ketones is 1. The van der Waals surface area contributed by atoms with Crippen LogP contribution in [0.5, 0.6) is 0 Å². The van der Waals surface area contributed by atoms with E-state index >= 15 is 0 Å². The van der Waals surface area contributed by atoms with E-state index in [0.717, 1.165) is 12.0 Å². The van der Waals surface area contributed by atoms with Gasteiger partial charge in [0.05, 0.1) is 0 Å². The number of rotatable bonds is 4. The van der Waals surface area contributed by atoms with Gasteiger partial charge >= 0.3 is 0 Å². The SMILES string of the molecule is O=C(CCCCl)c1c[c]ccc1. The molecule has 1 nitrogen and oxygen atoms in total. The molecule has 0 saturated carbocycles. The fourth-order valence-electron chi connectivity index (χ4n) is 0.938. The lowest BCUT2D eigenvalue weighted by atomic mass is 10.1. The van der Waals surface area contributed by atoms with Gasteiger partial charge in [0.25, 0.3) is 0 Å². The average molecular weight is 182 g/mol. The molecule has 1 radical (unpaired) electrons. The Morgan fingerprint density at radius 1 is 1.58 bits per heavy atom. The molecule has 0 aliphatic heterocycles. The molecular weight excluding hydrogens is 172 g/mol. The van der Waals surface area contributed by atoms with Gasteiger partial charge in [0, 0.05) is 17.9 Å². The minimum atomic E-state index is 0.146. The molecule has 0 amide bonds. The van der Waals surface area contributed by atoms with Gasteiger partial charge in [0.1, 0.15) is 0 Å². The maximum Gasteiger partial charge on any atom is 0.162 e. The Labute approximate surface area is 77.4 Å². The molecule has 1 aromatic rings. The van der Waals surface area contributed by atoms with Crippen LogP contribution in [0.2, 0.25) is 0 Å². The standard InChI is InChI=1S/C10H10ClO/c11-8-4-7-10(12)9-5-2-1-3-6-9/h1-2,5-6H,4,7-8H2. The van der Waals surface area contributed by atoms with E-state index in [1.54, 1.807) is 18.2 Å². The lowest BCUT2D eigenvalue weighted by molar-refractivity contribution is 0.0982. The smallest absolute Gasteiger partial charge is 0.162 e. The van der Waals surface area contributed by atoms with Crippen molar-refractivity contribution in [2.24, 2.45) is 0 Å². The number of hydrogen-bond donors (Lipinski definition) is 0. The van der Waals surface area contributed by atoms with Gasteiger partial charge in [0.2, 0.25) is 0 Å². The number of hydrogen-bond acceptors (Lipinski definition) is 1.